The molecule has 0 aliphatic heterocycles. The molecule has 0 saturated carbocycles. The second kappa shape index (κ2) is 1.95. The highest BCUT2D eigenvalue weighted by atomic mass is 32.1. The first kappa shape index (κ1) is 5.68. The number of furan rings is 1. The molecule has 50 valence electrons. The Morgan fingerprint density at radius 3 is 3.20 bits per heavy atom. The van der Waals surface area contributed by atoms with E-state index in [1.807, 2.05) is 6.07 Å². The van der Waals surface area contributed by atoms with Crippen molar-refractivity contribution >= 4 is 27.9 Å². The summed E-state index contributed by atoms with van der Waals surface area (Å²) in [5.41, 5.74) is 0.798. The Morgan fingerprint density at radius 2 is 2.50 bits per heavy atom. The predicted octanol–water partition coefficient (Wildman–Crippen LogP) is 2.31. The van der Waals surface area contributed by atoms with E-state index in [0.717, 1.165) is 16.6 Å². The standard InChI is InChI=1S/C7H4O2S/c8-4-5-3-6-7(10-5)1-2-9-6/h1-4H. The molecule has 0 N–H and O–H groups in total. The van der Waals surface area contributed by atoms with E-state index >= 15 is 0 Å². The highest BCUT2D eigenvalue weighted by molar-refractivity contribution is 7.20. The summed E-state index contributed by atoms with van der Waals surface area (Å²) in [7, 11) is 0. The summed E-state index contributed by atoms with van der Waals surface area (Å²) in [6, 6.07) is 3.60. The lowest BCUT2D eigenvalue weighted by Crippen LogP contribution is -1.62. The smallest absolute Gasteiger partial charge is 0.160 e. The zero-order valence-corrected chi connectivity index (χ0v) is 5.85. The molecule has 2 heterocycles. The van der Waals surface area contributed by atoms with Crippen molar-refractivity contribution in [2.75, 3.05) is 0 Å². The van der Waals surface area contributed by atoms with Gasteiger partial charge in [-0.25, -0.2) is 0 Å². The molecule has 0 bridgehead atoms. The second-order valence-electron chi connectivity index (χ2n) is 1.92. The first-order valence-corrected chi connectivity index (χ1v) is 3.64. The molecule has 2 rings (SSSR count). The van der Waals surface area contributed by atoms with Crippen LogP contribution in [0.4, 0.5) is 0 Å². The van der Waals surface area contributed by atoms with Crippen LogP contribution in [-0.2, 0) is 0 Å². The highest BCUT2D eigenvalue weighted by Gasteiger charge is 2.01. The zero-order chi connectivity index (χ0) is 6.97. The Balaban J connectivity index is 2.78. The van der Waals surface area contributed by atoms with E-state index in [2.05, 4.69) is 0 Å². The van der Waals surface area contributed by atoms with Gasteiger partial charge in [0.2, 0.25) is 0 Å². The van der Waals surface area contributed by atoms with Gasteiger partial charge < -0.3 is 4.42 Å². The summed E-state index contributed by atoms with van der Waals surface area (Å²) < 4.78 is 6.08. The maximum absolute atomic E-state index is 10.2. The highest BCUT2D eigenvalue weighted by Crippen LogP contribution is 2.24. The average Bonchev–Trinajstić information content (AvgIpc) is 2.42. The number of fused-ring (bicyclic) bond motifs is 1. The average molecular weight is 152 g/mol. The van der Waals surface area contributed by atoms with Gasteiger partial charge in [-0.15, -0.1) is 11.3 Å². The maximum Gasteiger partial charge on any atom is 0.160 e. The number of aldehydes is 1. The summed E-state index contributed by atoms with van der Waals surface area (Å²) in [5.74, 6) is 0. The molecule has 0 aromatic carbocycles. The van der Waals surface area contributed by atoms with Crippen LogP contribution in [0.5, 0.6) is 0 Å². The lowest BCUT2D eigenvalue weighted by Gasteiger charge is -1.69. The Kier molecular flexibility index (Phi) is 1.11. The van der Waals surface area contributed by atoms with Crippen LogP contribution in [0.3, 0.4) is 0 Å². The van der Waals surface area contributed by atoms with Crippen LogP contribution in [0.25, 0.3) is 10.3 Å². The van der Waals surface area contributed by atoms with E-state index in [1.165, 1.54) is 11.3 Å². The fraction of sp³-hybridized carbons (Fsp3) is 0. The van der Waals surface area contributed by atoms with E-state index in [0.29, 0.717) is 4.88 Å². The minimum Gasteiger partial charge on any atom is -0.463 e. The number of hydrogen-bond acceptors (Lipinski definition) is 3. The quantitative estimate of drug-likeness (QED) is 0.587. The summed E-state index contributed by atoms with van der Waals surface area (Å²) in [4.78, 5) is 11.0. The summed E-state index contributed by atoms with van der Waals surface area (Å²) >= 11 is 1.44. The van der Waals surface area contributed by atoms with Crippen LogP contribution in [0.1, 0.15) is 9.67 Å². The fourth-order valence-electron chi connectivity index (χ4n) is 0.843. The molecule has 0 spiro atoms. The van der Waals surface area contributed by atoms with Gasteiger partial charge in [-0.3, -0.25) is 4.79 Å². The molecule has 0 saturated heterocycles. The SMILES string of the molecule is O=Cc1cc2occc2s1. The molecule has 0 radical (unpaired) electrons. The third kappa shape index (κ3) is 0.675. The van der Waals surface area contributed by atoms with Gasteiger partial charge in [0.05, 0.1) is 15.8 Å². The zero-order valence-electron chi connectivity index (χ0n) is 5.03. The van der Waals surface area contributed by atoms with Crippen molar-refractivity contribution in [1.29, 1.82) is 0 Å². The molecule has 0 atom stereocenters. The molecule has 0 fully saturated rings. The minimum atomic E-state index is 0.717. The number of thiophene rings is 1. The monoisotopic (exact) mass is 152 g/mol. The predicted molar refractivity (Wildman–Crippen MR) is 39.5 cm³/mol. The van der Waals surface area contributed by atoms with Gasteiger partial charge in [-0.1, -0.05) is 0 Å². The van der Waals surface area contributed by atoms with Gasteiger partial charge in [0.25, 0.3) is 0 Å². The molecule has 2 nitrogen and oxygen atoms in total. The van der Waals surface area contributed by atoms with Crippen LogP contribution in [-0.4, -0.2) is 6.29 Å². The first-order chi connectivity index (χ1) is 4.90. The summed E-state index contributed by atoms with van der Waals surface area (Å²) in [6.07, 6.45) is 2.45. The van der Waals surface area contributed by atoms with E-state index in [-0.39, 0.29) is 0 Å². The molecule has 10 heavy (non-hydrogen) atoms. The van der Waals surface area contributed by atoms with Gasteiger partial charge in [0, 0.05) is 6.07 Å². The van der Waals surface area contributed by atoms with E-state index < -0.39 is 0 Å². The van der Waals surface area contributed by atoms with Gasteiger partial charge >= 0.3 is 0 Å². The van der Waals surface area contributed by atoms with Gasteiger partial charge in [0.1, 0.15) is 5.58 Å². The third-order valence-electron chi connectivity index (χ3n) is 1.27. The van der Waals surface area contributed by atoms with Crippen molar-refractivity contribution in [3.63, 3.8) is 0 Å². The van der Waals surface area contributed by atoms with Crippen molar-refractivity contribution in [2.45, 2.75) is 0 Å². The molecule has 0 aliphatic rings. The first-order valence-electron chi connectivity index (χ1n) is 2.82. The molecule has 2 aromatic heterocycles. The largest absolute Gasteiger partial charge is 0.463 e. The molecular formula is C7H4O2S. The molecule has 0 amide bonds. The second-order valence-corrected chi connectivity index (χ2v) is 3.03. The van der Waals surface area contributed by atoms with Gasteiger partial charge in [0.15, 0.2) is 6.29 Å². The van der Waals surface area contributed by atoms with Gasteiger partial charge in [-0.2, -0.15) is 0 Å². The molecule has 0 aliphatic carbocycles. The third-order valence-corrected chi connectivity index (χ3v) is 2.28. The molecule has 0 unspecified atom stereocenters. The van der Waals surface area contributed by atoms with Crippen molar-refractivity contribution < 1.29 is 9.21 Å². The van der Waals surface area contributed by atoms with Crippen molar-refractivity contribution in [3.8, 4) is 0 Å². The number of carbonyl (C=O) groups excluding carboxylic acids is 1. The van der Waals surface area contributed by atoms with Gasteiger partial charge in [-0.05, 0) is 6.07 Å². The van der Waals surface area contributed by atoms with E-state index in [4.69, 9.17) is 4.42 Å². The van der Waals surface area contributed by atoms with Crippen LogP contribution < -0.4 is 0 Å². The topological polar surface area (TPSA) is 30.2 Å². The van der Waals surface area contributed by atoms with Crippen molar-refractivity contribution in [2.24, 2.45) is 0 Å². The Morgan fingerprint density at radius 1 is 1.60 bits per heavy atom. The summed E-state index contributed by atoms with van der Waals surface area (Å²) in [6.45, 7) is 0. The lowest BCUT2D eigenvalue weighted by atomic mass is 10.4. The number of carbonyl (C=O) groups is 1. The summed E-state index contributed by atoms with van der Waals surface area (Å²) in [5, 5.41) is 0. The van der Waals surface area contributed by atoms with Crippen LogP contribution in [0, 0.1) is 0 Å². The molecule has 2 aromatic rings. The van der Waals surface area contributed by atoms with Crippen molar-refractivity contribution in [1.82, 2.24) is 0 Å². The Bertz CT molecular complexity index is 330. The van der Waals surface area contributed by atoms with Crippen LogP contribution in [0.2, 0.25) is 0 Å². The normalized spacial score (nSPS) is 10.4. The minimum absolute atomic E-state index is 0.717. The Labute approximate surface area is 61.1 Å². The van der Waals surface area contributed by atoms with E-state index in [9.17, 15) is 4.79 Å². The molecular weight excluding hydrogens is 148 g/mol. The Hall–Kier alpha value is -1.09. The fourth-order valence-corrected chi connectivity index (χ4v) is 1.64. The molecule has 3 heteroatoms. The number of hydrogen-bond donors (Lipinski definition) is 0. The lowest BCUT2D eigenvalue weighted by molar-refractivity contribution is 0.112. The van der Waals surface area contributed by atoms with Crippen LogP contribution >= 0.6 is 11.3 Å². The van der Waals surface area contributed by atoms with Crippen LogP contribution in [0.15, 0.2) is 22.8 Å². The maximum atomic E-state index is 10.2. The van der Waals surface area contributed by atoms with Crippen molar-refractivity contribution in [3.05, 3.63) is 23.3 Å². The van der Waals surface area contributed by atoms with E-state index in [1.54, 1.807) is 12.3 Å². The number of rotatable bonds is 1.